The number of rotatable bonds is 2. The number of carbonyl (C=O) groups excluding carboxylic acids is 1. The van der Waals surface area contributed by atoms with Gasteiger partial charge in [-0.3, -0.25) is 4.79 Å². The number of carbonyl (C=O) groups is 1. The number of thioether (sulfide) groups is 1. The van der Waals surface area contributed by atoms with Crippen molar-refractivity contribution in [2.45, 2.75) is 37.9 Å². The predicted molar refractivity (Wildman–Crippen MR) is 73.0 cm³/mol. The average molecular weight is 256 g/mol. The second-order valence-corrected chi connectivity index (χ2v) is 7.70. The summed E-state index contributed by atoms with van der Waals surface area (Å²) in [5.41, 5.74) is 5.77. The van der Waals surface area contributed by atoms with Crippen LogP contribution in [0.25, 0.3) is 0 Å². The molecule has 0 aromatic heterocycles. The molecule has 0 aromatic rings. The molecular weight excluding hydrogens is 232 g/mol. The molecule has 2 aliphatic rings. The molecule has 0 bridgehead atoms. The van der Waals surface area contributed by atoms with Crippen LogP contribution in [0, 0.1) is 11.8 Å². The van der Waals surface area contributed by atoms with Crippen LogP contribution in [0.3, 0.4) is 0 Å². The summed E-state index contributed by atoms with van der Waals surface area (Å²) in [5.74, 6) is 2.07. The topological polar surface area (TPSA) is 46.3 Å². The van der Waals surface area contributed by atoms with E-state index in [0.717, 1.165) is 31.7 Å². The third-order valence-electron chi connectivity index (χ3n) is 4.02. The Morgan fingerprint density at radius 1 is 1.47 bits per heavy atom. The molecule has 1 saturated heterocycles. The van der Waals surface area contributed by atoms with Crippen molar-refractivity contribution in [3.8, 4) is 0 Å². The fourth-order valence-electron chi connectivity index (χ4n) is 3.08. The second kappa shape index (κ2) is 5.19. The average Bonchev–Trinajstić information content (AvgIpc) is 2.74. The Balaban J connectivity index is 1.99. The van der Waals surface area contributed by atoms with Crippen LogP contribution < -0.4 is 5.73 Å². The van der Waals surface area contributed by atoms with Crippen LogP contribution in [-0.2, 0) is 4.79 Å². The first-order valence-electron chi connectivity index (χ1n) is 6.66. The minimum absolute atomic E-state index is 0.207. The molecule has 17 heavy (non-hydrogen) atoms. The maximum absolute atomic E-state index is 12.5. The fraction of sp³-hybridized carbons (Fsp3) is 0.923. The van der Waals surface area contributed by atoms with Crippen LogP contribution in [0.2, 0.25) is 0 Å². The number of nitrogens with zero attached hydrogens (tertiary/aromatic N) is 1. The van der Waals surface area contributed by atoms with Crippen LogP contribution >= 0.6 is 11.8 Å². The largest absolute Gasteiger partial charge is 0.340 e. The summed E-state index contributed by atoms with van der Waals surface area (Å²) in [6.45, 7) is 6.94. The highest BCUT2D eigenvalue weighted by Gasteiger charge is 2.37. The third-order valence-corrected chi connectivity index (χ3v) is 5.31. The lowest BCUT2D eigenvalue weighted by Crippen LogP contribution is -2.49. The zero-order chi connectivity index (χ0) is 12.5. The van der Waals surface area contributed by atoms with Gasteiger partial charge in [0.05, 0.1) is 0 Å². The van der Waals surface area contributed by atoms with E-state index in [1.165, 1.54) is 6.42 Å². The lowest BCUT2D eigenvalue weighted by molar-refractivity contribution is -0.136. The summed E-state index contributed by atoms with van der Waals surface area (Å²) in [4.78, 5) is 14.6. The number of hydrogen-bond donors (Lipinski definition) is 1. The fourth-order valence-corrected chi connectivity index (χ4v) is 4.19. The van der Waals surface area contributed by atoms with Crippen LogP contribution in [-0.4, -0.2) is 40.9 Å². The van der Waals surface area contributed by atoms with Crippen molar-refractivity contribution in [3.63, 3.8) is 0 Å². The Morgan fingerprint density at radius 2 is 2.24 bits per heavy atom. The first-order valence-corrected chi connectivity index (χ1v) is 7.65. The molecule has 4 heteroatoms. The first-order chi connectivity index (χ1) is 8.03. The lowest BCUT2D eigenvalue weighted by Gasteiger charge is -2.39. The molecule has 0 radical (unpaired) electrons. The molecule has 2 fully saturated rings. The van der Waals surface area contributed by atoms with Gasteiger partial charge in [-0.1, -0.05) is 6.42 Å². The van der Waals surface area contributed by atoms with Crippen molar-refractivity contribution >= 4 is 17.7 Å². The minimum atomic E-state index is 0.207. The maximum Gasteiger partial charge on any atom is 0.226 e. The van der Waals surface area contributed by atoms with Gasteiger partial charge in [0.1, 0.15) is 0 Å². The van der Waals surface area contributed by atoms with E-state index in [2.05, 4.69) is 18.7 Å². The van der Waals surface area contributed by atoms with Crippen LogP contribution in [0.4, 0.5) is 0 Å². The molecular formula is C13H24N2OS. The summed E-state index contributed by atoms with van der Waals surface area (Å²) in [6, 6.07) is 0. The van der Waals surface area contributed by atoms with E-state index < -0.39 is 0 Å². The van der Waals surface area contributed by atoms with E-state index in [4.69, 9.17) is 5.73 Å². The van der Waals surface area contributed by atoms with Crippen molar-refractivity contribution in [2.75, 3.05) is 25.4 Å². The molecule has 2 atom stereocenters. The van der Waals surface area contributed by atoms with Gasteiger partial charge in [-0.25, -0.2) is 0 Å². The van der Waals surface area contributed by atoms with Crippen molar-refractivity contribution < 1.29 is 4.79 Å². The van der Waals surface area contributed by atoms with Gasteiger partial charge in [0.25, 0.3) is 0 Å². The van der Waals surface area contributed by atoms with Gasteiger partial charge in [0.2, 0.25) is 5.91 Å². The summed E-state index contributed by atoms with van der Waals surface area (Å²) in [6.07, 6.45) is 3.36. The molecule has 98 valence electrons. The van der Waals surface area contributed by atoms with E-state index >= 15 is 0 Å². The van der Waals surface area contributed by atoms with Gasteiger partial charge in [0, 0.05) is 29.5 Å². The highest BCUT2D eigenvalue weighted by molar-refractivity contribution is 8.00. The predicted octanol–water partition coefficient (Wildman–Crippen LogP) is 1.72. The molecule has 1 heterocycles. The number of nitrogens with two attached hydrogens (primary N) is 1. The van der Waals surface area contributed by atoms with Gasteiger partial charge in [-0.05, 0) is 39.2 Å². The quantitative estimate of drug-likeness (QED) is 0.818. The Bertz CT molecular complexity index is 293. The summed E-state index contributed by atoms with van der Waals surface area (Å²) >= 11 is 1.97. The molecule has 1 aliphatic carbocycles. The van der Waals surface area contributed by atoms with E-state index in [-0.39, 0.29) is 10.7 Å². The SMILES string of the molecule is CC1(C)CN(C(=O)C2CCCC2CN)CCS1. The Labute approximate surface area is 108 Å². The maximum atomic E-state index is 12.5. The molecule has 1 aliphatic heterocycles. The summed E-state index contributed by atoms with van der Waals surface area (Å²) in [5, 5.41) is 0. The van der Waals surface area contributed by atoms with Gasteiger partial charge in [-0.2, -0.15) is 11.8 Å². The lowest BCUT2D eigenvalue weighted by atomic mass is 9.94. The Hall–Kier alpha value is -0.220. The normalized spacial score (nSPS) is 32.8. The molecule has 2 unspecified atom stereocenters. The molecule has 3 nitrogen and oxygen atoms in total. The van der Waals surface area contributed by atoms with Crippen molar-refractivity contribution in [1.29, 1.82) is 0 Å². The van der Waals surface area contributed by atoms with E-state index in [1.54, 1.807) is 0 Å². The molecule has 0 spiro atoms. The van der Waals surface area contributed by atoms with Crippen LogP contribution in [0.15, 0.2) is 0 Å². The van der Waals surface area contributed by atoms with Crippen molar-refractivity contribution in [2.24, 2.45) is 17.6 Å². The highest BCUT2D eigenvalue weighted by atomic mass is 32.2. The number of amides is 1. The van der Waals surface area contributed by atoms with Crippen LogP contribution in [0.5, 0.6) is 0 Å². The second-order valence-electron chi connectivity index (χ2n) is 5.90. The van der Waals surface area contributed by atoms with Gasteiger partial charge in [-0.15, -0.1) is 0 Å². The van der Waals surface area contributed by atoms with Gasteiger partial charge >= 0.3 is 0 Å². The van der Waals surface area contributed by atoms with Gasteiger partial charge < -0.3 is 10.6 Å². The zero-order valence-corrected chi connectivity index (χ0v) is 11.8. The summed E-state index contributed by atoms with van der Waals surface area (Å²) in [7, 11) is 0. The smallest absolute Gasteiger partial charge is 0.226 e. The minimum Gasteiger partial charge on any atom is -0.340 e. The van der Waals surface area contributed by atoms with Crippen molar-refractivity contribution in [3.05, 3.63) is 0 Å². The number of hydrogen-bond acceptors (Lipinski definition) is 3. The van der Waals surface area contributed by atoms with Crippen LogP contribution in [0.1, 0.15) is 33.1 Å². The third kappa shape index (κ3) is 2.97. The molecule has 1 saturated carbocycles. The highest BCUT2D eigenvalue weighted by Crippen LogP contribution is 2.35. The molecule has 1 amide bonds. The van der Waals surface area contributed by atoms with E-state index in [0.29, 0.717) is 18.4 Å². The standard InChI is InChI=1S/C13H24N2OS/c1-13(2)9-15(6-7-17-13)12(16)11-5-3-4-10(11)8-14/h10-11H,3-9,14H2,1-2H3. The van der Waals surface area contributed by atoms with E-state index in [1.807, 2.05) is 11.8 Å². The molecule has 2 N–H and O–H groups in total. The Morgan fingerprint density at radius 3 is 2.88 bits per heavy atom. The van der Waals surface area contributed by atoms with E-state index in [9.17, 15) is 4.79 Å². The summed E-state index contributed by atoms with van der Waals surface area (Å²) < 4.78 is 0.213. The Kier molecular flexibility index (Phi) is 4.03. The molecule has 2 rings (SSSR count). The van der Waals surface area contributed by atoms with Gasteiger partial charge in [0.15, 0.2) is 0 Å². The van der Waals surface area contributed by atoms with Crippen molar-refractivity contribution in [1.82, 2.24) is 4.90 Å². The first kappa shape index (κ1) is 13.2. The monoisotopic (exact) mass is 256 g/mol. The zero-order valence-electron chi connectivity index (χ0n) is 10.9. The molecule has 0 aromatic carbocycles.